The van der Waals surface area contributed by atoms with Crippen LogP contribution < -0.4 is 9.88 Å². The normalized spacial score (nSPS) is 42.2. The fourth-order valence-corrected chi connectivity index (χ4v) is 6.22. The molecule has 5 heteroatoms. The Labute approximate surface area is 149 Å². The molecule has 25 heavy (non-hydrogen) atoms. The van der Waals surface area contributed by atoms with E-state index in [-0.39, 0.29) is 16.7 Å². The molecule has 2 saturated heterocycles. The zero-order valence-electron chi connectivity index (χ0n) is 15.3. The van der Waals surface area contributed by atoms with Crippen molar-refractivity contribution in [2.24, 2.45) is 16.7 Å². The molecule has 4 fully saturated rings. The van der Waals surface area contributed by atoms with Gasteiger partial charge in [0.1, 0.15) is 13.1 Å². The van der Waals surface area contributed by atoms with Gasteiger partial charge in [-0.05, 0) is 31.2 Å². The summed E-state index contributed by atoms with van der Waals surface area (Å²) in [5.74, 6) is 2.05. The van der Waals surface area contributed by atoms with Gasteiger partial charge < -0.3 is 9.64 Å². The van der Waals surface area contributed by atoms with Gasteiger partial charge in [-0.2, -0.15) is 0 Å². The van der Waals surface area contributed by atoms with Crippen LogP contribution in [0.25, 0.3) is 0 Å². The van der Waals surface area contributed by atoms with Gasteiger partial charge in [-0.1, -0.05) is 19.9 Å². The predicted molar refractivity (Wildman–Crippen MR) is 94.0 cm³/mol. The Morgan fingerprint density at radius 3 is 2.68 bits per heavy atom. The molecule has 0 radical (unpaired) electrons. The van der Waals surface area contributed by atoms with E-state index in [2.05, 4.69) is 34.7 Å². The first-order valence-electron chi connectivity index (χ1n) is 9.65. The van der Waals surface area contributed by atoms with Gasteiger partial charge in [0, 0.05) is 16.9 Å². The van der Waals surface area contributed by atoms with Crippen molar-refractivity contribution in [1.82, 2.24) is 4.90 Å². The van der Waals surface area contributed by atoms with Crippen LogP contribution in [0.1, 0.15) is 33.1 Å². The fraction of sp³-hybridized carbons (Fsp3) is 0.700. The number of pyridine rings is 1. The first-order chi connectivity index (χ1) is 12.0. The molecular formula is C20H28N3O2+. The molecule has 4 aliphatic rings. The first-order valence-corrected chi connectivity index (χ1v) is 9.65. The van der Waals surface area contributed by atoms with Crippen molar-refractivity contribution in [1.29, 1.82) is 0 Å². The number of hydrogen-bond donors (Lipinski definition) is 0. The number of carbonyl (C=O) groups excluding carboxylic acids is 1. The molecule has 2 aliphatic carbocycles. The highest BCUT2D eigenvalue weighted by Gasteiger charge is 2.78. The Morgan fingerprint density at radius 1 is 1.24 bits per heavy atom. The van der Waals surface area contributed by atoms with E-state index in [1.54, 1.807) is 0 Å². The van der Waals surface area contributed by atoms with E-state index >= 15 is 0 Å². The summed E-state index contributed by atoms with van der Waals surface area (Å²) in [4.78, 5) is 21.2. The molecule has 5 nitrogen and oxygen atoms in total. The van der Waals surface area contributed by atoms with E-state index in [9.17, 15) is 4.79 Å². The van der Waals surface area contributed by atoms with Crippen LogP contribution in [0, 0.1) is 16.7 Å². The summed E-state index contributed by atoms with van der Waals surface area (Å²) in [6, 6.07) is 6.14. The third kappa shape index (κ3) is 1.77. The number of aromatic amines is 1. The number of rotatable bonds is 2. The van der Waals surface area contributed by atoms with Crippen molar-refractivity contribution in [3.8, 4) is 0 Å². The molecule has 1 aromatic rings. The third-order valence-corrected chi connectivity index (χ3v) is 8.14. The second kappa shape index (κ2) is 4.97. The van der Waals surface area contributed by atoms with Gasteiger partial charge in [0.05, 0.1) is 25.9 Å². The number of amides is 1. The van der Waals surface area contributed by atoms with Crippen LogP contribution in [0.15, 0.2) is 24.4 Å². The number of nitrogens with zero attached hydrogens (tertiary/aromatic N) is 2. The molecule has 0 aromatic carbocycles. The van der Waals surface area contributed by atoms with Crippen LogP contribution in [0.5, 0.6) is 0 Å². The van der Waals surface area contributed by atoms with E-state index in [0.29, 0.717) is 5.92 Å². The van der Waals surface area contributed by atoms with Crippen LogP contribution in [0.2, 0.25) is 0 Å². The standard InChI is InChI=1S/C20H27N3O2/c1-18-14-25-20(13-15(18)6-7-19(18,20)2)17(24)23-11-9-22(10-12-23)16-5-3-4-8-21-16/h3-5,8,15H,6-7,9-14H2,1-2H3/p+1/t15-,18+,19-,20-/m1/s1. The summed E-state index contributed by atoms with van der Waals surface area (Å²) in [6.07, 6.45) is 5.29. The van der Waals surface area contributed by atoms with Gasteiger partial charge in [0.2, 0.25) is 0 Å². The van der Waals surface area contributed by atoms with Gasteiger partial charge in [-0.3, -0.25) is 9.69 Å². The molecule has 3 heterocycles. The van der Waals surface area contributed by atoms with Gasteiger partial charge in [0.25, 0.3) is 11.7 Å². The highest BCUT2D eigenvalue weighted by Crippen LogP contribution is 2.75. The molecule has 134 valence electrons. The van der Waals surface area contributed by atoms with Gasteiger partial charge in [0.15, 0.2) is 5.60 Å². The summed E-state index contributed by atoms with van der Waals surface area (Å²) >= 11 is 0. The zero-order valence-corrected chi connectivity index (χ0v) is 15.3. The predicted octanol–water partition coefficient (Wildman–Crippen LogP) is 1.74. The third-order valence-electron chi connectivity index (χ3n) is 8.14. The number of aromatic nitrogens is 1. The number of H-pyrrole nitrogens is 1. The number of nitrogens with one attached hydrogen (secondary N) is 1. The summed E-state index contributed by atoms with van der Waals surface area (Å²) in [5.41, 5.74) is -0.332. The molecule has 0 unspecified atom stereocenters. The molecule has 1 N–H and O–H groups in total. The minimum Gasteiger partial charge on any atom is -0.364 e. The van der Waals surface area contributed by atoms with Gasteiger partial charge in [-0.25, -0.2) is 4.98 Å². The lowest BCUT2D eigenvalue weighted by Crippen LogP contribution is -2.60. The van der Waals surface area contributed by atoms with E-state index < -0.39 is 5.60 Å². The maximum atomic E-state index is 13.5. The van der Waals surface area contributed by atoms with E-state index in [1.165, 1.54) is 6.42 Å². The van der Waals surface area contributed by atoms with Crippen molar-refractivity contribution < 1.29 is 14.5 Å². The number of hydrogen-bond acceptors (Lipinski definition) is 3. The number of anilines is 1. The molecule has 2 saturated carbocycles. The summed E-state index contributed by atoms with van der Waals surface area (Å²) in [5, 5.41) is 0. The van der Waals surface area contributed by atoms with Crippen LogP contribution in [-0.4, -0.2) is 49.2 Å². The topological polar surface area (TPSA) is 46.9 Å². The Kier molecular flexibility index (Phi) is 3.10. The molecular weight excluding hydrogens is 314 g/mol. The lowest BCUT2D eigenvalue weighted by molar-refractivity contribution is -0.364. The monoisotopic (exact) mass is 342 g/mol. The molecule has 1 amide bonds. The lowest BCUT2D eigenvalue weighted by Gasteiger charge is -2.44. The van der Waals surface area contributed by atoms with Gasteiger partial charge >= 0.3 is 0 Å². The molecule has 4 atom stereocenters. The number of piperazine rings is 1. The van der Waals surface area contributed by atoms with Crippen LogP contribution >= 0.6 is 0 Å². The largest absolute Gasteiger partial charge is 0.364 e. The second-order valence-electron chi connectivity index (χ2n) is 8.83. The van der Waals surface area contributed by atoms with Crippen LogP contribution in [-0.2, 0) is 9.53 Å². The van der Waals surface area contributed by atoms with E-state index in [1.807, 2.05) is 18.3 Å². The van der Waals surface area contributed by atoms with Crippen molar-refractivity contribution in [3.63, 3.8) is 0 Å². The molecule has 1 aromatic heterocycles. The van der Waals surface area contributed by atoms with E-state index in [4.69, 9.17) is 4.74 Å². The number of carbonyl (C=O) groups is 1. The average Bonchev–Trinajstić information content (AvgIpc) is 3.13. The van der Waals surface area contributed by atoms with Crippen molar-refractivity contribution in [2.45, 2.75) is 38.7 Å². The van der Waals surface area contributed by atoms with Gasteiger partial charge in [-0.15, -0.1) is 0 Å². The summed E-state index contributed by atoms with van der Waals surface area (Å²) < 4.78 is 6.29. The Bertz CT molecular complexity index is 702. The first kappa shape index (κ1) is 15.6. The Hall–Kier alpha value is -1.62. The molecule has 4 bridgehead atoms. The average molecular weight is 342 g/mol. The minimum atomic E-state index is -0.550. The molecule has 0 spiro atoms. The Morgan fingerprint density at radius 2 is 2.04 bits per heavy atom. The SMILES string of the molecule is C[C@]12CC[C@@H]3C[C@]1(C(=O)N1CCN(c4cccc[nH+]4)CC1)OC[C@@]32C. The quantitative estimate of drug-likeness (QED) is 0.823. The van der Waals surface area contributed by atoms with Crippen molar-refractivity contribution >= 4 is 11.7 Å². The second-order valence-corrected chi connectivity index (χ2v) is 8.83. The molecule has 2 aliphatic heterocycles. The lowest BCUT2D eigenvalue weighted by atomic mass is 9.66. The van der Waals surface area contributed by atoms with Crippen LogP contribution in [0.4, 0.5) is 5.82 Å². The highest BCUT2D eigenvalue weighted by atomic mass is 16.5. The maximum Gasteiger partial charge on any atom is 0.274 e. The fourth-order valence-electron chi connectivity index (χ4n) is 6.22. The van der Waals surface area contributed by atoms with E-state index in [0.717, 1.165) is 51.4 Å². The highest BCUT2D eigenvalue weighted by molar-refractivity contribution is 5.88. The minimum absolute atomic E-state index is 0.0199. The van der Waals surface area contributed by atoms with Crippen molar-refractivity contribution in [2.75, 3.05) is 37.7 Å². The molecule has 5 rings (SSSR count). The van der Waals surface area contributed by atoms with Crippen LogP contribution in [0.3, 0.4) is 0 Å². The summed E-state index contributed by atoms with van der Waals surface area (Å²) in [6.45, 7) is 8.75. The Balaban J connectivity index is 1.34. The smallest absolute Gasteiger partial charge is 0.274 e. The maximum absolute atomic E-state index is 13.5. The van der Waals surface area contributed by atoms with Crippen molar-refractivity contribution in [3.05, 3.63) is 24.4 Å². The number of ether oxygens (including phenoxy) is 1. The summed E-state index contributed by atoms with van der Waals surface area (Å²) in [7, 11) is 0. The zero-order chi connectivity index (χ0) is 17.3.